The minimum absolute atomic E-state index is 0.486. The van der Waals surface area contributed by atoms with Crippen LogP contribution in [0.4, 0.5) is 5.69 Å². The first-order chi connectivity index (χ1) is 10.4. The van der Waals surface area contributed by atoms with Gasteiger partial charge in [0.2, 0.25) is 0 Å². The number of para-hydroxylation sites is 1. The molecule has 2 heterocycles. The lowest BCUT2D eigenvalue weighted by molar-refractivity contribution is 0.539. The van der Waals surface area contributed by atoms with Crippen LogP contribution < -0.4 is 10.2 Å². The number of hydrogen-bond donors (Lipinski definition) is 1. The Morgan fingerprint density at radius 1 is 1.29 bits per heavy atom. The Hall–Kier alpha value is -1.81. The maximum absolute atomic E-state index is 4.10. The standard InChI is InChI=1S/C17H24N4/c1-18-16-7-4-11-21(17-8-3-2-6-15(16)17)12-5-10-20-13-9-19-14-20/h2-3,6,8-9,13-14,16,18H,4-5,7,10-12H2,1H3. The van der Waals surface area contributed by atoms with Crippen LogP contribution in [0.1, 0.15) is 30.9 Å². The number of hydrogen-bond acceptors (Lipinski definition) is 3. The second-order valence-corrected chi connectivity index (χ2v) is 5.68. The predicted octanol–water partition coefficient (Wildman–Crippen LogP) is 2.83. The molecule has 1 atom stereocenters. The van der Waals surface area contributed by atoms with Crippen LogP contribution in [0.2, 0.25) is 0 Å². The van der Waals surface area contributed by atoms with E-state index in [2.05, 4.69) is 51.1 Å². The van der Waals surface area contributed by atoms with E-state index in [1.54, 1.807) is 0 Å². The number of anilines is 1. The van der Waals surface area contributed by atoms with Crippen molar-refractivity contribution in [1.29, 1.82) is 0 Å². The van der Waals surface area contributed by atoms with Gasteiger partial charge in [-0.3, -0.25) is 0 Å². The van der Waals surface area contributed by atoms with Gasteiger partial charge in [-0.15, -0.1) is 0 Å². The summed E-state index contributed by atoms with van der Waals surface area (Å²) in [6, 6.07) is 9.32. The molecule has 0 spiro atoms. The van der Waals surface area contributed by atoms with E-state index >= 15 is 0 Å². The molecule has 4 nitrogen and oxygen atoms in total. The molecular weight excluding hydrogens is 260 g/mol. The molecule has 1 aliphatic heterocycles. The van der Waals surface area contributed by atoms with Crippen LogP contribution in [0.3, 0.4) is 0 Å². The maximum atomic E-state index is 4.10. The Labute approximate surface area is 126 Å². The number of fused-ring (bicyclic) bond motifs is 1. The number of nitrogens with zero attached hydrogens (tertiary/aromatic N) is 3. The maximum Gasteiger partial charge on any atom is 0.0945 e. The summed E-state index contributed by atoms with van der Waals surface area (Å²) in [6.07, 6.45) is 9.38. The highest BCUT2D eigenvalue weighted by Gasteiger charge is 2.20. The fraction of sp³-hybridized carbons (Fsp3) is 0.471. The van der Waals surface area contributed by atoms with Gasteiger partial charge in [0.1, 0.15) is 0 Å². The zero-order chi connectivity index (χ0) is 14.5. The quantitative estimate of drug-likeness (QED) is 0.916. The lowest BCUT2D eigenvalue weighted by Gasteiger charge is -2.26. The largest absolute Gasteiger partial charge is 0.371 e. The summed E-state index contributed by atoms with van der Waals surface area (Å²) < 4.78 is 2.15. The third-order valence-electron chi connectivity index (χ3n) is 4.33. The Kier molecular flexibility index (Phi) is 4.55. The zero-order valence-corrected chi connectivity index (χ0v) is 12.7. The van der Waals surface area contributed by atoms with Gasteiger partial charge in [0.25, 0.3) is 0 Å². The van der Waals surface area contributed by atoms with E-state index in [0.29, 0.717) is 6.04 Å². The van der Waals surface area contributed by atoms with Crippen LogP contribution in [-0.4, -0.2) is 29.7 Å². The van der Waals surface area contributed by atoms with Crippen LogP contribution in [0.15, 0.2) is 43.0 Å². The van der Waals surface area contributed by atoms with E-state index in [1.807, 2.05) is 18.7 Å². The van der Waals surface area contributed by atoms with E-state index in [0.717, 1.165) is 26.1 Å². The summed E-state index contributed by atoms with van der Waals surface area (Å²) in [7, 11) is 2.07. The van der Waals surface area contributed by atoms with Crippen LogP contribution in [-0.2, 0) is 6.54 Å². The van der Waals surface area contributed by atoms with Crippen molar-refractivity contribution in [2.45, 2.75) is 31.8 Å². The van der Waals surface area contributed by atoms with Crippen molar-refractivity contribution >= 4 is 5.69 Å². The Balaban J connectivity index is 1.69. The van der Waals surface area contributed by atoms with Crippen LogP contribution in [0.25, 0.3) is 0 Å². The first-order valence-electron chi connectivity index (χ1n) is 7.85. The second-order valence-electron chi connectivity index (χ2n) is 5.68. The molecule has 0 fully saturated rings. The van der Waals surface area contributed by atoms with Gasteiger partial charge in [0.15, 0.2) is 0 Å². The number of aromatic nitrogens is 2. The van der Waals surface area contributed by atoms with Crippen molar-refractivity contribution in [3.8, 4) is 0 Å². The Morgan fingerprint density at radius 2 is 2.19 bits per heavy atom. The Morgan fingerprint density at radius 3 is 3.00 bits per heavy atom. The molecule has 112 valence electrons. The molecular formula is C17H24N4. The van der Waals surface area contributed by atoms with Crippen LogP contribution in [0.5, 0.6) is 0 Å². The molecule has 21 heavy (non-hydrogen) atoms. The molecule has 0 saturated carbocycles. The minimum atomic E-state index is 0.486. The summed E-state index contributed by atoms with van der Waals surface area (Å²) in [4.78, 5) is 6.65. The molecule has 1 aromatic heterocycles. The molecule has 1 unspecified atom stereocenters. The molecule has 0 bridgehead atoms. The molecule has 0 amide bonds. The lowest BCUT2D eigenvalue weighted by Crippen LogP contribution is -2.26. The first kappa shape index (κ1) is 14.1. The normalized spacial score (nSPS) is 18.3. The highest BCUT2D eigenvalue weighted by atomic mass is 15.1. The highest BCUT2D eigenvalue weighted by molar-refractivity contribution is 5.55. The summed E-state index contributed by atoms with van der Waals surface area (Å²) in [6.45, 7) is 3.29. The number of imidazole rings is 1. The monoisotopic (exact) mass is 284 g/mol. The van der Waals surface area contributed by atoms with Gasteiger partial charge >= 0.3 is 0 Å². The average Bonchev–Trinajstić information content (AvgIpc) is 2.97. The van der Waals surface area contributed by atoms with Gasteiger partial charge in [-0.25, -0.2) is 4.98 Å². The van der Waals surface area contributed by atoms with Crippen molar-refractivity contribution in [3.63, 3.8) is 0 Å². The fourth-order valence-corrected chi connectivity index (χ4v) is 3.23. The minimum Gasteiger partial charge on any atom is -0.371 e. The fourth-order valence-electron chi connectivity index (χ4n) is 3.23. The lowest BCUT2D eigenvalue weighted by atomic mass is 10.0. The van der Waals surface area contributed by atoms with Gasteiger partial charge in [-0.2, -0.15) is 0 Å². The van der Waals surface area contributed by atoms with E-state index < -0.39 is 0 Å². The van der Waals surface area contributed by atoms with Crippen molar-refractivity contribution in [3.05, 3.63) is 48.5 Å². The van der Waals surface area contributed by atoms with E-state index in [1.165, 1.54) is 24.1 Å². The third kappa shape index (κ3) is 3.27. The topological polar surface area (TPSA) is 33.1 Å². The second kappa shape index (κ2) is 6.76. The molecule has 1 N–H and O–H groups in total. The number of aryl methyl sites for hydroxylation is 1. The van der Waals surface area contributed by atoms with E-state index in [4.69, 9.17) is 0 Å². The molecule has 4 heteroatoms. The van der Waals surface area contributed by atoms with Gasteiger partial charge in [-0.1, -0.05) is 18.2 Å². The van der Waals surface area contributed by atoms with Crippen molar-refractivity contribution in [2.24, 2.45) is 0 Å². The predicted molar refractivity (Wildman–Crippen MR) is 86.5 cm³/mol. The third-order valence-corrected chi connectivity index (χ3v) is 4.33. The van der Waals surface area contributed by atoms with Crippen LogP contribution in [0, 0.1) is 0 Å². The van der Waals surface area contributed by atoms with Crippen molar-refractivity contribution in [2.75, 3.05) is 25.0 Å². The molecule has 3 rings (SSSR count). The number of rotatable bonds is 5. The van der Waals surface area contributed by atoms with Crippen molar-refractivity contribution < 1.29 is 0 Å². The summed E-state index contributed by atoms with van der Waals surface area (Å²) in [5.74, 6) is 0. The number of nitrogens with one attached hydrogen (secondary N) is 1. The van der Waals surface area contributed by atoms with Gasteiger partial charge in [0, 0.05) is 43.8 Å². The summed E-state index contributed by atoms with van der Waals surface area (Å²) in [5, 5.41) is 3.46. The summed E-state index contributed by atoms with van der Waals surface area (Å²) in [5.41, 5.74) is 2.85. The Bertz CT molecular complexity index is 550. The van der Waals surface area contributed by atoms with Gasteiger partial charge < -0.3 is 14.8 Å². The van der Waals surface area contributed by atoms with E-state index in [9.17, 15) is 0 Å². The highest BCUT2D eigenvalue weighted by Crippen LogP contribution is 2.32. The number of benzene rings is 1. The molecule has 0 saturated heterocycles. The zero-order valence-electron chi connectivity index (χ0n) is 12.7. The SMILES string of the molecule is CNC1CCCN(CCCn2ccnc2)c2ccccc21. The molecule has 0 radical (unpaired) electrons. The summed E-state index contributed by atoms with van der Waals surface area (Å²) >= 11 is 0. The van der Waals surface area contributed by atoms with Gasteiger partial charge in [-0.05, 0) is 37.9 Å². The smallest absolute Gasteiger partial charge is 0.0945 e. The molecule has 2 aromatic rings. The molecule has 0 aliphatic carbocycles. The molecule has 1 aromatic carbocycles. The van der Waals surface area contributed by atoms with Crippen molar-refractivity contribution in [1.82, 2.24) is 14.9 Å². The average molecular weight is 284 g/mol. The van der Waals surface area contributed by atoms with Gasteiger partial charge in [0.05, 0.1) is 6.33 Å². The van der Waals surface area contributed by atoms with E-state index in [-0.39, 0.29) is 0 Å². The first-order valence-corrected chi connectivity index (χ1v) is 7.85. The molecule has 1 aliphatic rings. The van der Waals surface area contributed by atoms with Crippen LogP contribution >= 0.6 is 0 Å².